The summed E-state index contributed by atoms with van der Waals surface area (Å²) in [5.41, 5.74) is 12.7. The van der Waals surface area contributed by atoms with Gasteiger partial charge in [-0.2, -0.15) is 0 Å². The number of para-hydroxylation sites is 3. The molecule has 222 valence electrons. The van der Waals surface area contributed by atoms with E-state index in [9.17, 15) is 0 Å². The molecule has 1 atom stereocenters. The highest BCUT2D eigenvalue weighted by molar-refractivity contribution is 8.00. The molecule has 0 aliphatic carbocycles. The van der Waals surface area contributed by atoms with Crippen molar-refractivity contribution in [2.45, 2.75) is 10.3 Å². The van der Waals surface area contributed by atoms with E-state index in [4.69, 9.17) is 4.42 Å². The SMILES string of the molecule is c1ccc(-c2cc3oc4ccccc4c3c3c2NC(c2ccc(-c4ccc5c(c4)c4ccccc4n5-c4ccccc4)cc2)S3)cc1. The Morgan fingerprint density at radius 1 is 0.532 bits per heavy atom. The first-order valence-corrected chi connectivity index (χ1v) is 16.8. The van der Waals surface area contributed by atoms with Crippen molar-refractivity contribution in [2.75, 3.05) is 5.32 Å². The van der Waals surface area contributed by atoms with Crippen LogP contribution in [0.4, 0.5) is 5.69 Å². The maximum Gasteiger partial charge on any atom is 0.137 e. The van der Waals surface area contributed by atoms with Gasteiger partial charge in [-0.1, -0.05) is 127 Å². The van der Waals surface area contributed by atoms with Gasteiger partial charge in [0.2, 0.25) is 0 Å². The molecule has 1 N–H and O–H groups in total. The summed E-state index contributed by atoms with van der Waals surface area (Å²) in [7, 11) is 0. The highest BCUT2D eigenvalue weighted by atomic mass is 32.2. The summed E-state index contributed by atoms with van der Waals surface area (Å²) in [5, 5.41) is 8.87. The van der Waals surface area contributed by atoms with Crippen molar-refractivity contribution in [3.05, 3.63) is 163 Å². The molecule has 3 heterocycles. The number of rotatable bonds is 4. The fourth-order valence-corrected chi connectivity index (χ4v) is 8.57. The van der Waals surface area contributed by atoms with E-state index in [1.165, 1.54) is 71.3 Å². The number of fused-ring (bicyclic) bond motifs is 8. The molecule has 9 aromatic rings. The van der Waals surface area contributed by atoms with Crippen molar-refractivity contribution in [2.24, 2.45) is 0 Å². The Morgan fingerprint density at radius 2 is 1.21 bits per heavy atom. The number of nitrogens with one attached hydrogen (secondary N) is 1. The lowest BCUT2D eigenvalue weighted by molar-refractivity contribution is 0.669. The summed E-state index contributed by atoms with van der Waals surface area (Å²) in [4.78, 5) is 1.25. The third kappa shape index (κ3) is 4.15. The molecule has 0 fully saturated rings. The van der Waals surface area contributed by atoms with Crippen LogP contribution in [-0.4, -0.2) is 4.57 Å². The van der Waals surface area contributed by atoms with Crippen molar-refractivity contribution < 1.29 is 4.42 Å². The van der Waals surface area contributed by atoms with Crippen molar-refractivity contribution in [1.29, 1.82) is 0 Å². The number of hydrogen-bond donors (Lipinski definition) is 1. The predicted octanol–water partition coefficient (Wildman–Crippen LogP) is 12.2. The lowest BCUT2D eigenvalue weighted by Crippen LogP contribution is -2.02. The zero-order valence-corrected chi connectivity index (χ0v) is 26.2. The summed E-state index contributed by atoms with van der Waals surface area (Å²) >= 11 is 1.88. The van der Waals surface area contributed by atoms with Gasteiger partial charge in [-0.3, -0.25) is 0 Å². The molecule has 4 heteroatoms. The number of furan rings is 1. The van der Waals surface area contributed by atoms with Gasteiger partial charge in [0.15, 0.2) is 0 Å². The molecule has 7 aromatic carbocycles. The molecule has 1 unspecified atom stereocenters. The van der Waals surface area contributed by atoms with Crippen LogP contribution in [0.25, 0.3) is 71.7 Å². The minimum absolute atomic E-state index is 0.0899. The molecule has 0 saturated carbocycles. The third-order valence-electron chi connectivity index (χ3n) is 9.45. The second kappa shape index (κ2) is 10.4. The molecule has 3 nitrogen and oxygen atoms in total. The number of nitrogens with zero attached hydrogens (tertiary/aromatic N) is 1. The fourth-order valence-electron chi connectivity index (χ4n) is 7.25. The number of anilines is 1. The van der Waals surface area contributed by atoms with Gasteiger partial charge in [-0.15, -0.1) is 0 Å². The summed E-state index contributed by atoms with van der Waals surface area (Å²) in [5.74, 6) is 0. The van der Waals surface area contributed by atoms with Gasteiger partial charge in [0.25, 0.3) is 0 Å². The lowest BCUT2D eigenvalue weighted by Gasteiger charge is -2.13. The highest BCUT2D eigenvalue weighted by Crippen LogP contribution is 2.55. The van der Waals surface area contributed by atoms with Crippen LogP contribution in [0.5, 0.6) is 0 Å². The molecular formula is C43H28N2OS. The fraction of sp³-hybridized carbons (Fsp3) is 0.0233. The average molecular weight is 621 g/mol. The molecule has 0 spiro atoms. The molecule has 0 bridgehead atoms. The largest absolute Gasteiger partial charge is 0.456 e. The monoisotopic (exact) mass is 620 g/mol. The Balaban J connectivity index is 1.04. The van der Waals surface area contributed by atoms with E-state index in [0.717, 1.165) is 16.6 Å². The number of hydrogen-bond acceptors (Lipinski definition) is 3. The first-order valence-electron chi connectivity index (χ1n) is 16.0. The smallest absolute Gasteiger partial charge is 0.137 e. The first-order chi connectivity index (χ1) is 23.3. The Labute approximate surface area is 276 Å². The lowest BCUT2D eigenvalue weighted by atomic mass is 10.00. The van der Waals surface area contributed by atoms with Gasteiger partial charge < -0.3 is 14.3 Å². The topological polar surface area (TPSA) is 30.1 Å². The van der Waals surface area contributed by atoms with Gasteiger partial charge in [0.05, 0.1) is 16.7 Å². The zero-order chi connectivity index (χ0) is 30.9. The Kier molecular flexibility index (Phi) is 5.87. The third-order valence-corrected chi connectivity index (χ3v) is 10.7. The zero-order valence-electron chi connectivity index (χ0n) is 25.4. The number of thioether (sulfide) groups is 1. The van der Waals surface area contributed by atoms with Crippen LogP contribution < -0.4 is 5.32 Å². The molecule has 1 aliphatic rings. The molecule has 0 radical (unpaired) electrons. The van der Waals surface area contributed by atoms with E-state index >= 15 is 0 Å². The van der Waals surface area contributed by atoms with E-state index in [1.54, 1.807) is 0 Å². The maximum atomic E-state index is 6.39. The minimum Gasteiger partial charge on any atom is -0.456 e. The molecule has 0 saturated heterocycles. The minimum atomic E-state index is 0.0899. The normalized spacial score (nSPS) is 14.3. The van der Waals surface area contributed by atoms with Crippen LogP contribution in [0.2, 0.25) is 0 Å². The van der Waals surface area contributed by atoms with Gasteiger partial charge in [-0.25, -0.2) is 0 Å². The molecule has 2 aromatic heterocycles. The average Bonchev–Trinajstić information content (AvgIpc) is 3.84. The van der Waals surface area contributed by atoms with E-state index < -0.39 is 0 Å². The van der Waals surface area contributed by atoms with Gasteiger partial charge in [0, 0.05) is 37.7 Å². The number of benzene rings is 7. The van der Waals surface area contributed by atoms with Crippen molar-refractivity contribution in [3.8, 4) is 27.9 Å². The van der Waals surface area contributed by atoms with Crippen molar-refractivity contribution in [3.63, 3.8) is 0 Å². The molecular weight excluding hydrogens is 593 g/mol. The number of aromatic nitrogens is 1. The molecule has 10 rings (SSSR count). The Bertz CT molecular complexity index is 2620. The van der Waals surface area contributed by atoms with Gasteiger partial charge in [0.1, 0.15) is 16.5 Å². The van der Waals surface area contributed by atoms with Crippen molar-refractivity contribution in [1.82, 2.24) is 4.57 Å². The van der Waals surface area contributed by atoms with Crippen LogP contribution in [0, 0.1) is 0 Å². The summed E-state index contributed by atoms with van der Waals surface area (Å²) in [6.45, 7) is 0. The van der Waals surface area contributed by atoms with Crippen LogP contribution in [0.3, 0.4) is 0 Å². The van der Waals surface area contributed by atoms with E-state index in [1.807, 2.05) is 17.8 Å². The van der Waals surface area contributed by atoms with Crippen molar-refractivity contribution >= 4 is 61.2 Å². The second-order valence-corrected chi connectivity index (χ2v) is 13.3. The molecule has 1 aliphatic heterocycles. The van der Waals surface area contributed by atoms with Gasteiger partial charge >= 0.3 is 0 Å². The quantitative estimate of drug-likeness (QED) is 0.212. The summed E-state index contributed by atoms with van der Waals surface area (Å²) < 4.78 is 8.75. The molecule has 0 amide bonds. The highest BCUT2D eigenvalue weighted by Gasteiger charge is 2.30. The second-order valence-electron chi connectivity index (χ2n) is 12.1. The van der Waals surface area contributed by atoms with E-state index in [0.29, 0.717) is 0 Å². The van der Waals surface area contributed by atoms with E-state index in [2.05, 4.69) is 162 Å². The van der Waals surface area contributed by atoms with Crippen LogP contribution >= 0.6 is 11.8 Å². The standard InChI is InChI=1S/C43H28N2OS/c1-3-11-28(12-4-1)34-26-39-40(33-16-8-10-18-38(33)46-39)42-41(34)44-43(47-42)29-21-19-27(20-22-29)30-23-24-37-35(25-30)32-15-7-9-17-36(32)45(37)31-13-5-2-6-14-31/h1-26,43-44H. The summed E-state index contributed by atoms with van der Waals surface area (Å²) in [6.07, 6.45) is 0. The summed E-state index contributed by atoms with van der Waals surface area (Å²) in [6, 6.07) is 56.4. The van der Waals surface area contributed by atoms with Crippen LogP contribution in [0.1, 0.15) is 10.9 Å². The van der Waals surface area contributed by atoms with E-state index in [-0.39, 0.29) is 5.37 Å². The Morgan fingerprint density at radius 3 is 2.04 bits per heavy atom. The first kappa shape index (κ1) is 26.5. The van der Waals surface area contributed by atoms with Crippen LogP contribution in [0.15, 0.2) is 167 Å². The predicted molar refractivity (Wildman–Crippen MR) is 198 cm³/mol. The van der Waals surface area contributed by atoms with Crippen LogP contribution in [-0.2, 0) is 0 Å². The Hall–Kier alpha value is -5.71. The van der Waals surface area contributed by atoms with Gasteiger partial charge in [-0.05, 0) is 64.7 Å². The maximum absolute atomic E-state index is 6.39. The molecule has 47 heavy (non-hydrogen) atoms.